The van der Waals surface area contributed by atoms with Crippen molar-refractivity contribution in [3.63, 3.8) is 0 Å². The summed E-state index contributed by atoms with van der Waals surface area (Å²) in [4.78, 5) is 21.6. The van der Waals surface area contributed by atoms with Gasteiger partial charge in [0.2, 0.25) is 17.6 Å². The van der Waals surface area contributed by atoms with Crippen LogP contribution in [-0.2, 0) is 0 Å². The number of piperidine rings is 1. The third-order valence-electron chi connectivity index (χ3n) is 4.68. The van der Waals surface area contributed by atoms with Crippen LogP contribution in [0.4, 0.5) is 29.0 Å². The molecule has 0 bridgehead atoms. The van der Waals surface area contributed by atoms with Crippen molar-refractivity contribution in [1.29, 1.82) is 0 Å². The summed E-state index contributed by atoms with van der Waals surface area (Å²) in [5.41, 5.74) is 6.03. The number of nitrogens with one attached hydrogen (secondary N) is 1. The first-order valence-corrected chi connectivity index (χ1v) is 8.98. The Morgan fingerprint density at radius 1 is 1.32 bits per heavy atom. The molecular weight excluding hydrogens is 364 g/mol. The molecule has 1 saturated heterocycles. The number of anilines is 4. The molecule has 10 nitrogen and oxygen atoms in total. The van der Waals surface area contributed by atoms with Crippen LogP contribution in [0.1, 0.15) is 19.8 Å². The molecule has 150 valence electrons. The van der Waals surface area contributed by atoms with E-state index in [4.69, 9.17) is 15.2 Å². The van der Waals surface area contributed by atoms with Crippen molar-refractivity contribution in [3.05, 3.63) is 28.3 Å². The van der Waals surface area contributed by atoms with Gasteiger partial charge in [-0.1, -0.05) is 6.92 Å². The maximum Gasteiger partial charge on any atom is 0.353 e. The number of hydrogen-bond donors (Lipinski definition) is 2. The number of ether oxygens (including phenoxy) is 2. The van der Waals surface area contributed by atoms with Gasteiger partial charge in [0.05, 0.1) is 24.8 Å². The highest BCUT2D eigenvalue weighted by atomic mass is 16.6. The predicted octanol–water partition coefficient (Wildman–Crippen LogP) is 2.96. The van der Waals surface area contributed by atoms with Crippen LogP contribution in [0.3, 0.4) is 0 Å². The number of hydrogen-bond acceptors (Lipinski definition) is 9. The van der Waals surface area contributed by atoms with Crippen LogP contribution in [-0.4, -0.2) is 42.2 Å². The molecule has 3 N–H and O–H groups in total. The highest BCUT2D eigenvalue weighted by Gasteiger charge is 2.27. The van der Waals surface area contributed by atoms with Gasteiger partial charge in [-0.3, -0.25) is 10.1 Å². The van der Waals surface area contributed by atoms with Crippen LogP contribution in [0.15, 0.2) is 18.2 Å². The van der Waals surface area contributed by atoms with Gasteiger partial charge >= 0.3 is 5.69 Å². The average molecular weight is 388 g/mol. The number of nitro groups is 1. The maximum absolute atomic E-state index is 11.6. The first-order chi connectivity index (χ1) is 13.4. The van der Waals surface area contributed by atoms with Gasteiger partial charge in [0.25, 0.3) is 0 Å². The largest absolute Gasteiger partial charge is 0.497 e. The van der Waals surface area contributed by atoms with Gasteiger partial charge in [0, 0.05) is 19.2 Å². The van der Waals surface area contributed by atoms with Crippen molar-refractivity contribution in [2.75, 3.05) is 43.3 Å². The van der Waals surface area contributed by atoms with E-state index < -0.39 is 4.92 Å². The Bertz CT molecular complexity index is 875. The Morgan fingerprint density at radius 3 is 2.75 bits per heavy atom. The van der Waals surface area contributed by atoms with Crippen molar-refractivity contribution >= 4 is 29.0 Å². The first-order valence-electron chi connectivity index (χ1n) is 8.98. The Kier molecular flexibility index (Phi) is 5.67. The summed E-state index contributed by atoms with van der Waals surface area (Å²) < 4.78 is 10.6. The highest BCUT2D eigenvalue weighted by Crippen LogP contribution is 2.37. The Balaban J connectivity index is 2.04. The van der Waals surface area contributed by atoms with Crippen molar-refractivity contribution < 1.29 is 14.4 Å². The normalized spacial score (nSPS) is 16.5. The molecule has 1 aliphatic heterocycles. The molecule has 2 heterocycles. The molecule has 0 saturated carbocycles. The molecular formula is C18H24N6O4. The molecule has 1 atom stereocenters. The van der Waals surface area contributed by atoms with Crippen molar-refractivity contribution in [2.24, 2.45) is 5.92 Å². The lowest BCUT2D eigenvalue weighted by Gasteiger charge is -2.31. The van der Waals surface area contributed by atoms with Crippen LogP contribution in [0, 0.1) is 16.0 Å². The average Bonchev–Trinajstić information content (AvgIpc) is 2.67. The molecule has 1 aromatic carbocycles. The Morgan fingerprint density at radius 2 is 2.11 bits per heavy atom. The van der Waals surface area contributed by atoms with E-state index in [9.17, 15) is 10.1 Å². The van der Waals surface area contributed by atoms with Crippen LogP contribution in [0.5, 0.6) is 11.5 Å². The quantitative estimate of drug-likeness (QED) is 0.566. The number of nitrogens with two attached hydrogens (primary N) is 1. The second-order valence-corrected chi connectivity index (χ2v) is 6.75. The summed E-state index contributed by atoms with van der Waals surface area (Å²) in [5, 5.41) is 14.6. The SMILES string of the molecule is COc1ccc(OC)c(Nc2nc(N3CCC[C@H](C)C3)nc(N)c2[N+](=O)[O-])c1. The number of nitrogens with zero attached hydrogens (tertiary/aromatic N) is 4. The fourth-order valence-electron chi connectivity index (χ4n) is 3.28. The standard InChI is InChI=1S/C18H24N6O4/c1-11-5-4-8-23(10-11)18-21-16(19)15(24(25)26)17(22-18)20-13-9-12(27-2)6-7-14(13)28-3/h6-7,9,11H,4-5,8,10H2,1-3H3,(H3,19,20,21,22)/t11-/m0/s1. The highest BCUT2D eigenvalue weighted by molar-refractivity contribution is 5.77. The van der Waals surface area contributed by atoms with Gasteiger partial charge in [0.1, 0.15) is 11.5 Å². The number of methoxy groups -OCH3 is 2. The molecule has 0 unspecified atom stereocenters. The van der Waals surface area contributed by atoms with E-state index in [0.29, 0.717) is 29.1 Å². The van der Waals surface area contributed by atoms with Gasteiger partial charge < -0.3 is 25.4 Å². The van der Waals surface area contributed by atoms with Gasteiger partial charge in [-0.15, -0.1) is 0 Å². The zero-order chi connectivity index (χ0) is 20.3. The summed E-state index contributed by atoms with van der Waals surface area (Å²) in [5.74, 6) is 1.75. The minimum Gasteiger partial charge on any atom is -0.497 e. The second-order valence-electron chi connectivity index (χ2n) is 6.75. The van der Waals surface area contributed by atoms with E-state index in [1.807, 2.05) is 4.90 Å². The zero-order valence-electron chi connectivity index (χ0n) is 16.1. The van der Waals surface area contributed by atoms with Gasteiger partial charge in [0.15, 0.2) is 0 Å². The zero-order valence-corrected chi connectivity index (χ0v) is 16.1. The fourth-order valence-corrected chi connectivity index (χ4v) is 3.28. The van der Waals surface area contributed by atoms with Crippen molar-refractivity contribution in [3.8, 4) is 11.5 Å². The van der Waals surface area contributed by atoms with Gasteiger partial charge in [-0.05, 0) is 30.9 Å². The van der Waals surface area contributed by atoms with Crippen LogP contribution in [0.25, 0.3) is 0 Å². The van der Waals surface area contributed by atoms with E-state index >= 15 is 0 Å². The molecule has 1 aliphatic rings. The molecule has 1 aromatic heterocycles. The lowest BCUT2D eigenvalue weighted by Crippen LogP contribution is -2.35. The maximum atomic E-state index is 11.6. The van der Waals surface area contributed by atoms with Gasteiger partial charge in [-0.2, -0.15) is 9.97 Å². The minimum absolute atomic E-state index is 0.0114. The third kappa shape index (κ3) is 4.00. The molecule has 0 amide bonds. The van der Waals surface area contributed by atoms with Crippen LogP contribution < -0.4 is 25.4 Å². The van der Waals surface area contributed by atoms with Gasteiger partial charge in [-0.25, -0.2) is 0 Å². The van der Waals surface area contributed by atoms with Crippen molar-refractivity contribution in [2.45, 2.75) is 19.8 Å². The predicted molar refractivity (Wildman–Crippen MR) is 107 cm³/mol. The molecule has 1 fully saturated rings. The minimum atomic E-state index is -0.590. The number of benzene rings is 1. The summed E-state index contributed by atoms with van der Waals surface area (Å²) in [7, 11) is 3.04. The lowest BCUT2D eigenvalue weighted by atomic mass is 10.0. The number of aromatic nitrogens is 2. The van der Waals surface area contributed by atoms with Crippen LogP contribution in [0.2, 0.25) is 0 Å². The first kappa shape index (κ1) is 19.5. The monoisotopic (exact) mass is 388 g/mol. The molecule has 0 aliphatic carbocycles. The third-order valence-corrected chi connectivity index (χ3v) is 4.68. The van der Waals surface area contributed by atoms with E-state index in [-0.39, 0.29) is 17.3 Å². The Hall–Kier alpha value is -3.30. The van der Waals surface area contributed by atoms with Crippen molar-refractivity contribution in [1.82, 2.24) is 9.97 Å². The second kappa shape index (κ2) is 8.15. The molecule has 0 radical (unpaired) electrons. The van der Waals surface area contributed by atoms with E-state index in [2.05, 4.69) is 22.2 Å². The summed E-state index contributed by atoms with van der Waals surface area (Å²) >= 11 is 0. The topological polar surface area (TPSA) is 129 Å². The van der Waals surface area contributed by atoms with E-state index in [0.717, 1.165) is 25.9 Å². The molecule has 0 spiro atoms. The smallest absolute Gasteiger partial charge is 0.353 e. The van der Waals surface area contributed by atoms with E-state index in [1.54, 1.807) is 18.2 Å². The summed E-state index contributed by atoms with van der Waals surface area (Å²) in [6, 6.07) is 5.10. The molecule has 3 rings (SSSR count). The number of nitrogen functional groups attached to an aromatic ring is 1. The molecule has 10 heteroatoms. The lowest BCUT2D eigenvalue weighted by molar-refractivity contribution is -0.383. The molecule has 28 heavy (non-hydrogen) atoms. The summed E-state index contributed by atoms with van der Waals surface area (Å²) in [6.07, 6.45) is 2.14. The molecule has 2 aromatic rings. The van der Waals surface area contributed by atoms with Crippen LogP contribution >= 0.6 is 0 Å². The summed E-state index contributed by atoms with van der Waals surface area (Å²) in [6.45, 7) is 3.71. The Labute approximate surface area is 162 Å². The fraction of sp³-hybridized carbons (Fsp3) is 0.444. The number of rotatable bonds is 6. The van der Waals surface area contributed by atoms with E-state index in [1.165, 1.54) is 14.2 Å².